The maximum Gasteiger partial charge on any atom is 0.252 e. The van der Waals surface area contributed by atoms with Crippen molar-refractivity contribution in [2.24, 2.45) is 10.9 Å². The fraction of sp³-hybridized carbons (Fsp3) is 0.545. The minimum absolute atomic E-state index is 0.138. The van der Waals surface area contributed by atoms with Crippen molar-refractivity contribution in [1.82, 2.24) is 9.21 Å². The van der Waals surface area contributed by atoms with Crippen LogP contribution in [0.3, 0.4) is 0 Å². The summed E-state index contributed by atoms with van der Waals surface area (Å²) in [5.41, 5.74) is 5.57. The second-order valence-electron chi connectivity index (χ2n) is 4.57. The number of hydrogen-bond donors (Lipinski definition) is 2. The van der Waals surface area contributed by atoms with Gasteiger partial charge in [0.05, 0.1) is 6.04 Å². The molecule has 0 saturated carbocycles. The molecule has 1 fully saturated rings. The summed E-state index contributed by atoms with van der Waals surface area (Å²) in [6.07, 6.45) is 0. The summed E-state index contributed by atoms with van der Waals surface area (Å²) < 4.78 is 26.5. The monoisotopic (exact) mass is 318 g/mol. The van der Waals surface area contributed by atoms with Gasteiger partial charge in [-0.2, -0.15) is 4.31 Å². The lowest BCUT2D eigenvalue weighted by Crippen LogP contribution is -2.54. The highest BCUT2D eigenvalue weighted by Gasteiger charge is 2.31. The van der Waals surface area contributed by atoms with E-state index in [4.69, 9.17) is 10.9 Å². The Balaban J connectivity index is 2.02. The zero-order chi connectivity index (χ0) is 14.8. The molecule has 0 spiro atoms. The lowest BCUT2D eigenvalue weighted by atomic mass is 10.2. The van der Waals surface area contributed by atoms with Crippen LogP contribution < -0.4 is 5.73 Å². The largest absolute Gasteiger partial charge is 0.409 e. The maximum absolute atomic E-state index is 12.3. The van der Waals surface area contributed by atoms with Gasteiger partial charge >= 0.3 is 0 Å². The number of hydrogen-bond acceptors (Lipinski definition) is 6. The van der Waals surface area contributed by atoms with E-state index in [1.165, 1.54) is 15.6 Å². The average molecular weight is 318 g/mol. The normalized spacial score (nSPS) is 20.9. The predicted molar refractivity (Wildman–Crippen MR) is 77.5 cm³/mol. The Labute approximate surface area is 122 Å². The van der Waals surface area contributed by atoms with E-state index in [-0.39, 0.29) is 11.9 Å². The molecule has 0 bridgehead atoms. The van der Waals surface area contributed by atoms with Crippen LogP contribution in [0, 0.1) is 0 Å². The standard InChI is InChI=1S/C11H18N4O3S2/c1-9(11(12)13-16)14-4-6-15(7-5-14)20(17,18)10-3-2-8-19-10/h2-3,8-9,16H,4-7H2,1H3,(H2,12,13). The van der Waals surface area contributed by atoms with E-state index in [2.05, 4.69) is 5.16 Å². The Morgan fingerprint density at radius 2 is 2.10 bits per heavy atom. The first-order valence-electron chi connectivity index (χ1n) is 6.22. The van der Waals surface area contributed by atoms with Gasteiger partial charge in [-0.3, -0.25) is 4.90 Å². The number of nitrogens with zero attached hydrogens (tertiary/aromatic N) is 3. The molecule has 20 heavy (non-hydrogen) atoms. The molecule has 1 aromatic heterocycles. The zero-order valence-electron chi connectivity index (χ0n) is 11.1. The third kappa shape index (κ3) is 2.95. The Kier molecular flexibility index (Phi) is 4.63. The van der Waals surface area contributed by atoms with Gasteiger partial charge in [0.25, 0.3) is 10.0 Å². The van der Waals surface area contributed by atoms with Gasteiger partial charge in [-0.15, -0.1) is 11.3 Å². The van der Waals surface area contributed by atoms with Crippen LogP contribution in [-0.4, -0.2) is 60.9 Å². The van der Waals surface area contributed by atoms with Crippen LogP contribution in [0.1, 0.15) is 6.92 Å². The van der Waals surface area contributed by atoms with E-state index in [0.717, 1.165) is 0 Å². The molecule has 2 heterocycles. The highest BCUT2D eigenvalue weighted by Crippen LogP contribution is 2.22. The number of amidine groups is 1. The van der Waals surface area contributed by atoms with Crippen LogP contribution in [0.25, 0.3) is 0 Å². The molecule has 7 nitrogen and oxygen atoms in total. The highest BCUT2D eigenvalue weighted by molar-refractivity contribution is 7.91. The zero-order valence-corrected chi connectivity index (χ0v) is 12.8. The molecule has 1 atom stereocenters. The van der Waals surface area contributed by atoms with Gasteiger partial charge in [-0.1, -0.05) is 11.2 Å². The van der Waals surface area contributed by atoms with Gasteiger partial charge in [-0.25, -0.2) is 8.42 Å². The molecule has 112 valence electrons. The quantitative estimate of drug-likeness (QED) is 0.357. The van der Waals surface area contributed by atoms with Crippen LogP contribution in [-0.2, 0) is 10.0 Å². The summed E-state index contributed by atoms with van der Waals surface area (Å²) in [5.74, 6) is 0.138. The predicted octanol–water partition coefficient (Wildman–Crippen LogP) is 0.189. The van der Waals surface area contributed by atoms with E-state index in [1.807, 2.05) is 11.8 Å². The maximum atomic E-state index is 12.3. The number of nitrogens with two attached hydrogens (primary N) is 1. The highest BCUT2D eigenvalue weighted by atomic mass is 32.2. The molecule has 2 rings (SSSR count). The number of rotatable bonds is 4. The van der Waals surface area contributed by atoms with Gasteiger partial charge in [0.1, 0.15) is 4.21 Å². The third-order valence-corrected chi connectivity index (χ3v) is 6.73. The third-order valence-electron chi connectivity index (χ3n) is 3.45. The molecule has 1 aliphatic heterocycles. The van der Waals surface area contributed by atoms with Crippen molar-refractivity contribution in [3.05, 3.63) is 17.5 Å². The molecule has 3 N–H and O–H groups in total. The van der Waals surface area contributed by atoms with E-state index in [0.29, 0.717) is 30.4 Å². The molecule has 0 aliphatic carbocycles. The number of oxime groups is 1. The van der Waals surface area contributed by atoms with Crippen molar-refractivity contribution in [2.75, 3.05) is 26.2 Å². The van der Waals surface area contributed by atoms with Crippen molar-refractivity contribution in [1.29, 1.82) is 0 Å². The molecule has 1 unspecified atom stereocenters. The van der Waals surface area contributed by atoms with Crippen LogP contribution in [0.4, 0.5) is 0 Å². The van der Waals surface area contributed by atoms with Crippen molar-refractivity contribution in [3.63, 3.8) is 0 Å². The summed E-state index contributed by atoms with van der Waals surface area (Å²) >= 11 is 1.22. The molecular weight excluding hydrogens is 300 g/mol. The second kappa shape index (κ2) is 6.08. The fourth-order valence-electron chi connectivity index (χ4n) is 2.14. The van der Waals surface area contributed by atoms with Crippen molar-refractivity contribution in [2.45, 2.75) is 17.2 Å². The topological polar surface area (TPSA) is 99.2 Å². The Morgan fingerprint density at radius 1 is 1.45 bits per heavy atom. The minimum atomic E-state index is -3.38. The molecular formula is C11H18N4O3S2. The summed E-state index contributed by atoms with van der Waals surface area (Å²) in [6, 6.07) is 3.14. The fourth-order valence-corrected chi connectivity index (χ4v) is 4.71. The van der Waals surface area contributed by atoms with Crippen molar-refractivity contribution < 1.29 is 13.6 Å². The summed E-state index contributed by atoms with van der Waals surface area (Å²) in [5, 5.41) is 13.4. The average Bonchev–Trinajstić information content (AvgIpc) is 3.00. The SMILES string of the molecule is CC(C(N)=NO)N1CCN(S(=O)(=O)c2cccs2)CC1. The first kappa shape index (κ1) is 15.2. The molecule has 9 heteroatoms. The molecule has 1 aliphatic rings. The Bertz CT molecular complexity index is 562. The van der Waals surface area contributed by atoms with Crippen LogP contribution >= 0.6 is 11.3 Å². The molecule has 0 aromatic carbocycles. The van der Waals surface area contributed by atoms with Gasteiger partial charge < -0.3 is 10.9 Å². The van der Waals surface area contributed by atoms with Gasteiger partial charge in [-0.05, 0) is 18.4 Å². The summed E-state index contributed by atoms with van der Waals surface area (Å²) in [4.78, 5) is 2.00. The smallest absolute Gasteiger partial charge is 0.252 e. The second-order valence-corrected chi connectivity index (χ2v) is 7.69. The van der Waals surface area contributed by atoms with Crippen LogP contribution in [0.15, 0.2) is 26.9 Å². The van der Waals surface area contributed by atoms with Gasteiger partial charge in [0.2, 0.25) is 0 Å². The first-order valence-corrected chi connectivity index (χ1v) is 8.54. The van der Waals surface area contributed by atoms with Crippen molar-refractivity contribution in [3.8, 4) is 0 Å². The molecule has 1 aromatic rings. The van der Waals surface area contributed by atoms with Crippen LogP contribution in [0.2, 0.25) is 0 Å². The Morgan fingerprint density at radius 3 is 2.60 bits per heavy atom. The van der Waals surface area contributed by atoms with Gasteiger partial charge in [0.15, 0.2) is 5.84 Å². The molecule has 0 radical (unpaired) electrons. The van der Waals surface area contributed by atoms with Gasteiger partial charge in [0, 0.05) is 26.2 Å². The molecule has 0 amide bonds. The van der Waals surface area contributed by atoms with E-state index < -0.39 is 10.0 Å². The van der Waals surface area contributed by atoms with Crippen molar-refractivity contribution >= 4 is 27.2 Å². The number of thiophene rings is 1. The van der Waals surface area contributed by atoms with E-state index >= 15 is 0 Å². The first-order chi connectivity index (χ1) is 9.46. The summed E-state index contributed by atoms with van der Waals surface area (Å²) in [7, 11) is -3.38. The van der Waals surface area contributed by atoms with E-state index in [9.17, 15) is 8.42 Å². The van der Waals surface area contributed by atoms with E-state index in [1.54, 1.807) is 17.5 Å². The number of piperazine rings is 1. The minimum Gasteiger partial charge on any atom is -0.409 e. The molecule has 1 saturated heterocycles. The summed E-state index contributed by atoms with van der Waals surface area (Å²) in [6.45, 7) is 3.76. The number of sulfonamides is 1. The Hall–Kier alpha value is -1.16. The lowest BCUT2D eigenvalue weighted by molar-refractivity contribution is 0.171. The lowest BCUT2D eigenvalue weighted by Gasteiger charge is -2.36. The van der Waals surface area contributed by atoms with Crippen LogP contribution in [0.5, 0.6) is 0 Å².